The van der Waals surface area contributed by atoms with Crippen molar-refractivity contribution in [2.45, 2.75) is 33.2 Å². The third-order valence-electron chi connectivity index (χ3n) is 1.68. The van der Waals surface area contributed by atoms with Gasteiger partial charge in [0.2, 0.25) is 0 Å². The summed E-state index contributed by atoms with van der Waals surface area (Å²) in [6.45, 7) is 7.44. The number of aromatic nitrogens is 2. The van der Waals surface area contributed by atoms with E-state index in [1.165, 1.54) is 10.7 Å². The lowest BCUT2D eigenvalue weighted by Gasteiger charge is -2.22. The summed E-state index contributed by atoms with van der Waals surface area (Å²) in [5, 5.41) is 14.8. The lowest BCUT2D eigenvalue weighted by Crippen LogP contribution is -2.32. The van der Waals surface area contributed by atoms with Crippen molar-refractivity contribution in [2.75, 3.05) is 0 Å². The van der Waals surface area contributed by atoms with Crippen LogP contribution >= 0.6 is 0 Å². The Kier molecular flexibility index (Phi) is 2.15. The standard InChI is InChI=1S/C9H14N2O2/c1-6-5-7(8(12)13)11(10-6)9(2,3)4/h5H,1-4H3,(H,12,13)/p-1. The number of carboxylic acid groups (broad SMARTS) is 1. The van der Waals surface area contributed by atoms with Crippen LogP contribution in [0.4, 0.5) is 0 Å². The molecule has 0 unspecified atom stereocenters. The third-order valence-corrected chi connectivity index (χ3v) is 1.68. The normalized spacial score (nSPS) is 11.7. The van der Waals surface area contributed by atoms with E-state index < -0.39 is 5.97 Å². The molecule has 0 aliphatic rings. The monoisotopic (exact) mass is 181 g/mol. The molecular weight excluding hydrogens is 168 g/mol. The fraction of sp³-hybridized carbons (Fsp3) is 0.556. The summed E-state index contributed by atoms with van der Waals surface area (Å²) in [7, 11) is 0. The lowest BCUT2D eigenvalue weighted by atomic mass is 10.1. The number of aryl methyl sites for hydroxylation is 1. The third kappa shape index (κ3) is 1.88. The van der Waals surface area contributed by atoms with Crippen molar-refractivity contribution in [1.82, 2.24) is 9.78 Å². The average Bonchev–Trinajstić information content (AvgIpc) is 2.29. The first-order valence-corrected chi connectivity index (χ1v) is 4.11. The minimum atomic E-state index is -1.18. The molecule has 0 amide bonds. The van der Waals surface area contributed by atoms with Gasteiger partial charge in [-0.1, -0.05) is 0 Å². The van der Waals surface area contributed by atoms with Crippen LogP contribution in [0.2, 0.25) is 0 Å². The highest BCUT2D eigenvalue weighted by atomic mass is 16.4. The van der Waals surface area contributed by atoms with Crippen LogP contribution in [0.25, 0.3) is 0 Å². The van der Waals surface area contributed by atoms with Gasteiger partial charge < -0.3 is 9.90 Å². The van der Waals surface area contributed by atoms with Crippen LogP contribution in [0.15, 0.2) is 6.07 Å². The SMILES string of the molecule is Cc1cc(C(=O)[O-])n(C(C)(C)C)n1. The molecule has 0 fully saturated rings. The number of carboxylic acids is 1. The van der Waals surface area contributed by atoms with Gasteiger partial charge in [0.1, 0.15) is 0 Å². The second-order valence-electron chi connectivity index (χ2n) is 4.04. The predicted molar refractivity (Wildman–Crippen MR) is 46.3 cm³/mol. The van der Waals surface area contributed by atoms with Gasteiger partial charge in [0.05, 0.1) is 22.9 Å². The van der Waals surface area contributed by atoms with Gasteiger partial charge in [0.25, 0.3) is 0 Å². The fourth-order valence-corrected chi connectivity index (χ4v) is 1.16. The van der Waals surface area contributed by atoms with Crippen molar-refractivity contribution >= 4 is 5.97 Å². The van der Waals surface area contributed by atoms with Crippen LogP contribution in [0.5, 0.6) is 0 Å². The van der Waals surface area contributed by atoms with E-state index >= 15 is 0 Å². The van der Waals surface area contributed by atoms with Crippen LogP contribution in [-0.4, -0.2) is 15.7 Å². The van der Waals surface area contributed by atoms with Gasteiger partial charge in [-0.25, -0.2) is 0 Å². The molecule has 0 spiro atoms. The number of carbonyl (C=O) groups is 1. The summed E-state index contributed by atoms with van der Waals surface area (Å²) in [6, 6.07) is 1.51. The molecule has 0 atom stereocenters. The molecule has 0 bridgehead atoms. The molecule has 4 heteroatoms. The maximum absolute atomic E-state index is 10.7. The van der Waals surface area contributed by atoms with E-state index in [0.29, 0.717) is 5.69 Å². The average molecular weight is 181 g/mol. The number of hydrogen-bond donors (Lipinski definition) is 0. The summed E-state index contributed by atoms with van der Waals surface area (Å²) in [4.78, 5) is 10.7. The Balaban J connectivity index is 3.28. The van der Waals surface area contributed by atoms with Crippen molar-refractivity contribution in [1.29, 1.82) is 0 Å². The summed E-state index contributed by atoms with van der Waals surface area (Å²) in [5.41, 5.74) is 0.489. The van der Waals surface area contributed by atoms with E-state index in [2.05, 4.69) is 5.10 Å². The number of nitrogens with zero attached hydrogens (tertiary/aromatic N) is 2. The van der Waals surface area contributed by atoms with Crippen molar-refractivity contribution in [3.8, 4) is 0 Å². The molecule has 1 rings (SSSR count). The number of carbonyl (C=O) groups excluding carboxylic acids is 1. The van der Waals surface area contributed by atoms with Crippen molar-refractivity contribution in [2.24, 2.45) is 0 Å². The predicted octanol–water partition coefficient (Wildman–Crippen LogP) is 0.310. The molecule has 1 heterocycles. The number of aromatic carboxylic acids is 1. The Morgan fingerprint density at radius 3 is 2.38 bits per heavy atom. The topological polar surface area (TPSA) is 57.9 Å². The Morgan fingerprint density at radius 2 is 2.08 bits per heavy atom. The molecule has 0 N–H and O–H groups in total. The smallest absolute Gasteiger partial charge is 0.0897 e. The molecule has 4 nitrogen and oxygen atoms in total. The molecule has 13 heavy (non-hydrogen) atoms. The molecule has 0 aliphatic carbocycles. The quantitative estimate of drug-likeness (QED) is 0.626. The highest BCUT2D eigenvalue weighted by molar-refractivity contribution is 5.83. The first-order chi connectivity index (χ1) is 5.82. The van der Waals surface area contributed by atoms with Crippen molar-refractivity contribution in [3.63, 3.8) is 0 Å². The Bertz CT molecular complexity index is 334. The first-order valence-electron chi connectivity index (χ1n) is 4.11. The van der Waals surface area contributed by atoms with Crippen molar-refractivity contribution < 1.29 is 9.90 Å². The van der Waals surface area contributed by atoms with Gasteiger partial charge in [-0.3, -0.25) is 4.68 Å². The maximum Gasteiger partial charge on any atom is 0.0897 e. The van der Waals surface area contributed by atoms with Gasteiger partial charge in [0, 0.05) is 0 Å². The summed E-state index contributed by atoms with van der Waals surface area (Å²) in [5.74, 6) is -1.18. The van der Waals surface area contributed by atoms with E-state index in [0.717, 1.165) is 0 Å². The van der Waals surface area contributed by atoms with Gasteiger partial charge in [-0.05, 0) is 33.8 Å². The second-order valence-corrected chi connectivity index (χ2v) is 4.04. The van der Waals surface area contributed by atoms with E-state index in [9.17, 15) is 9.90 Å². The van der Waals surface area contributed by atoms with E-state index in [1.807, 2.05) is 20.8 Å². The fourth-order valence-electron chi connectivity index (χ4n) is 1.16. The number of rotatable bonds is 1. The van der Waals surface area contributed by atoms with Gasteiger partial charge >= 0.3 is 0 Å². The molecular formula is C9H13N2O2-. The summed E-state index contributed by atoms with van der Waals surface area (Å²) in [6.07, 6.45) is 0. The van der Waals surface area contributed by atoms with Gasteiger partial charge in [-0.2, -0.15) is 5.10 Å². The molecule has 72 valence electrons. The zero-order valence-electron chi connectivity index (χ0n) is 8.29. The molecule has 0 saturated carbocycles. The molecule has 0 saturated heterocycles. The molecule has 1 aromatic rings. The molecule has 1 aromatic heterocycles. The van der Waals surface area contributed by atoms with Gasteiger partial charge in [-0.15, -0.1) is 0 Å². The van der Waals surface area contributed by atoms with Crippen molar-refractivity contribution in [3.05, 3.63) is 17.5 Å². The minimum absolute atomic E-state index is 0.130. The van der Waals surface area contributed by atoms with E-state index in [-0.39, 0.29) is 11.2 Å². The largest absolute Gasteiger partial charge is 0.543 e. The highest BCUT2D eigenvalue weighted by Gasteiger charge is 2.18. The zero-order valence-corrected chi connectivity index (χ0v) is 8.29. The molecule has 0 radical (unpaired) electrons. The Labute approximate surface area is 77.2 Å². The lowest BCUT2D eigenvalue weighted by molar-refractivity contribution is -0.256. The van der Waals surface area contributed by atoms with E-state index in [1.54, 1.807) is 6.92 Å². The molecule has 0 aliphatic heterocycles. The van der Waals surface area contributed by atoms with Gasteiger partial charge in [0.15, 0.2) is 0 Å². The number of hydrogen-bond acceptors (Lipinski definition) is 3. The van der Waals surface area contributed by atoms with Crippen LogP contribution in [-0.2, 0) is 5.54 Å². The Hall–Kier alpha value is -1.32. The highest BCUT2D eigenvalue weighted by Crippen LogP contribution is 2.16. The molecule has 0 aromatic carbocycles. The van der Waals surface area contributed by atoms with Crippen LogP contribution in [0, 0.1) is 6.92 Å². The van der Waals surface area contributed by atoms with Crippen LogP contribution in [0.1, 0.15) is 37.0 Å². The van der Waals surface area contributed by atoms with Crippen LogP contribution in [0.3, 0.4) is 0 Å². The second kappa shape index (κ2) is 2.87. The van der Waals surface area contributed by atoms with E-state index in [4.69, 9.17) is 0 Å². The summed E-state index contributed by atoms with van der Waals surface area (Å²) >= 11 is 0. The zero-order chi connectivity index (χ0) is 10.2. The summed E-state index contributed by atoms with van der Waals surface area (Å²) < 4.78 is 1.47. The first kappa shape index (κ1) is 9.77. The minimum Gasteiger partial charge on any atom is -0.543 e. The van der Waals surface area contributed by atoms with Crippen LogP contribution < -0.4 is 5.11 Å². The maximum atomic E-state index is 10.7. The Morgan fingerprint density at radius 1 is 1.54 bits per heavy atom.